The van der Waals surface area contributed by atoms with E-state index in [4.69, 9.17) is 11.6 Å². The summed E-state index contributed by atoms with van der Waals surface area (Å²) in [5.74, 6) is 0. The fourth-order valence-corrected chi connectivity index (χ4v) is 2.86. The summed E-state index contributed by atoms with van der Waals surface area (Å²) in [6.45, 7) is 0. The number of nitrogens with one attached hydrogen (secondary N) is 1. The zero-order valence-electron chi connectivity index (χ0n) is 12.9. The largest absolute Gasteiger partial charge is 0.305 e. The van der Waals surface area contributed by atoms with Crippen molar-refractivity contribution < 1.29 is 0 Å². The van der Waals surface area contributed by atoms with E-state index in [1.54, 1.807) is 22.9 Å². The summed E-state index contributed by atoms with van der Waals surface area (Å²) in [5.41, 5.74) is 2.49. The highest BCUT2D eigenvalue weighted by Gasteiger charge is 2.16. The van der Waals surface area contributed by atoms with E-state index in [0.717, 1.165) is 11.3 Å². The third-order valence-corrected chi connectivity index (χ3v) is 4.18. The SMILES string of the molecule is N#Cc1cc2c(-c3ccc(Cl)cc3)nn(-c3ccccc3)c2[nH]c1=O. The number of fused-ring (bicyclic) bond motifs is 1. The molecule has 4 rings (SSSR count). The van der Waals surface area contributed by atoms with E-state index in [1.807, 2.05) is 48.5 Å². The summed E-state index contributed by atoms with van der Waals surface area (Å²) in [5, 5.41) is 15.2. The second-order valence-corrected chi connectivity index (χ2v) is 5.93. The number of aromatic amines is 1. The number of hydrogen-bond donors (Lipinski definition) is 1. The monoisotopic (exact) mass is 346 g/mol. The third kappa shape index (κ3) is 2.59. The maximum atomic E-state index is 12.1. The Morgan fingerprint density at radius 2 is 1.80 bits per heavy atom. The Bertz CT molecular complexity index is 1170. The lowest BCUT2D eigenvalue weighted by atomic mass is 10.1. The van der Waals surface area contributed by atoms with Crippen molar-refractivity contribution in [3.63, 3.8) is 0 Å². The second kappa shape index (κ2) is 5.93. The van der Waals surface area contributed by atoms with Gasteiger partial charge in [0.1, 0.15) is 23.0 Å². The zero-order valence-corrected chi connectivity index (χ0v) is 13.7. The van der Waals surface area contributed by atoms with E-state index in [-0.39, 0.29) is 5.56 Å². The average Bonchev–Trinajstić information content (AvgIpc) is 3.00. The molecule has 0 radical (unpaired) electrons. The molecule has 0 atom stereocenters. The molecule has 25 heavy (non-hydrogen) atoms. The molecule has 5 nitrogen and oxygen atoms in total. The van der Waals surface area contributed by atoms with Crippen molar-refractivity contribution in [2.75, 3.05) is 0 Å². The number of H-pyrrole nitrogens is 1. The van der Waals surface area contributed by atoms with E-state index in [0.29, 0.717) is 21.7 Å². The molecule has 0 fully saturated rings. The summed E-state index contributed by atoms with van der Waals surface area (Å²) in [4.78, 5) is 14.9. The quantitative estimate of drug-likeness (QED) is 0.598. The summed E-state index contributed by atoms with van der Waals surface area (Å²) >= 11 is 5.97. The molecular formula is C19H11ClN4O. The molecule has 120 valence electrons. The maximum absolute atomic E-state index is 12.1. The first-order chi connectivity index (χ1) is 12.2. The number of para-hydroxylation sites is 1. The van der Waals surface area contributed by atoms with E-state index in [2.05, 4.69) is 10.1 Å². The highest BCUT2D eigenvalue weighted by Crippen LogP contribution is 2.29. The van der Waals surface area contributed by atoms with Crippen molar-refractivity contribution in [2.24, 2.45) is 0 Å². The van der Waals surface area contributed by atoms with Gasteiger partial charge in [0.15, 0.2) is 0 Å². The normalized spacial score (nSPS) is 10.7. The number of halogens is 1. The van der Waals surface area contributed by atoms with Gasteiger partial charge in [0.2, 0.25) is 0 Å². The molecule has 0 aliphatic rings. The summed E-state index contributed by atoms with van der Waals surface area (Å²) in [6.07, 6.45) is 0. The number of pyridine rings is 1. The van der Waals surface area contributed by atoms with E-state index in [9.17, 15) is 10.1 Å². The topological polar surface area (TPSA) is 74.5 Å². The van der Waals surface area contributed by atoms with Crippen LogP contribution in [-0.2, 0) is 0 Å². The molecule has 0 spiro atoms. The lowest BCUT2D eigenvalue weighted by Gasteiger charge is -2.02. The molecule has 2 heterocycles. The van der Waals surface area contributed by atoms with Gasteiger partial charge in [0, 0.05) is 16.0 Å². The van der Waals surface area contributed by atoms with Crippen LogP contribution >= 0.6 is 11.6 Å². The van der Waals surface area contributed by atoms with Gasteiger partial charge < -0.3 is 4.98 Å². The molecule has 2 aromatic carbocycles. The molecule has 0 aliphatic carbocycles. The minimum atomic E-state index is -0.435. The van der Waals surface area contributed by atoms with Crippen LogP contribution in [0.25, 0.3) is 28.0 Å². The third-order valence-electron chi connectivity index (χ3n) is 3.93. The van der Waals surface area contributed by atoms with Crippen LogP contribution in [0.2, 0.25) is 5.02 Å². The Hall–Kier alpha value is -3.36. The van der Waals surface area contributed by atoms with Crippen LogP contribution in [0.4, 0.5) is 0 Å². The number of benzene rings is 2. The van der Waals surface area contributed by atoms with Gasteiger partial charge in [-0.1, -0.05) is 41.9 Å². The fraction of sp³-hybridized carbons (Fsp3) is 0. The van der Waals surface area contributed by atoms with Gasteiger partial charge in [-0.3, -0.25) is 4.79 Å². The predicted octanol–water partition coefficient (Wildman–Crippen LogP) is 3.91. The molecular weight excluding hydrogens is 336 g/mol. The van der Waals surface area contributed by atoms with Gasteiger partial charge in [-0.2, -0.15) is 10.4 Å². The first kappa shape index (κ1) is 15.2. The van der Waals surface area contributed by atoms with Crippen molar-refractivity contribution >= 4 is 22.6 Å². The van der Waals surface area contributed by atoms with E-state index in [1.165, 1.54) is 0 Å². The van der Waals surface area contributed by atoms with Gasteiger partial charge in [-0.05, 0) is 30.3 Å². The van der Waals surface area contributed by atoms with Gasteiger partial charge >= 0.3 is 0 Å². The van der Waals surface area contributed by atoms with Crippen molar-refractivity contribution in [1.29, 1.82) is 5.26 Å². The van der Waals surface area contributed by atoms with E-state index >= 15 is 0 Å². The van der Waals surface area contributed by atoms with Crippen LogP contribution in [0, 0.1) is 11.3 Å². The molecule has 0 bridgehead atoms. The Morgan fingerprint density at radius 1 is 1.08 bits per heavy atom. The van der Waals surface area contributed by atoms with Crippen LogP contribution in [0.5, 0.6) is 0 Å². The smallest absolute Gasteiger partial charge is 0.267 e. The molecule has 0 aliphatic heterocycles. The summed E-state index contributed by atoms with van der Waals surface area (Å²) in [6, 6.07) is 20.3. The molecule has 4 aromatic rings. The molecule has 1 N–H and O–H groups in total. The minimum Gasteiger partial charge on any atom is -0.305 e. The van der Waals surface area contributed by atoms with Crippen molar-refractivity contribution in [3.8, 4) is 23.0 Å². The Balaban J connectivity index is 2.07. The Morgan fingerprint density at radius 3 is 2.48 bits per heavy atom. The second-order valence-electron chi connectivity index (χ2n) is 5.49. The number of aromatic nitrogens is 3. The van der Waals surface area contributed by atoms with Crippen LogP contribution in [-0.4, -0.2) is 14.8 Å². The number of rotatable bonds is 2. The van der Waals surface area contributed by atoms with Crippen LogP contribution in [0.3, 0.4) is 0 Å². The highest BCUT2D eigenvalue weighted by atomic mass is 35.5. The Labute approximate surface area is 147 Å². The molecule has 0 unspecified atom stereocenters. The number of nitriles is 1. The predicted molar refractivity (Wildman–Crippen MR) is 96.9 cm³/mol. The minimum absolute atomic E-state index is 0.0512. The van der Waals surface area contributed by atoms with Crippen molar-refractivity contribution in [1.82, 2.24) is 14.8 Å². The van der Waals surface area contributed by atoms with E-state index < -0.39 is 5.56 Å². The highest BCUT2D eigenvalue weighted by molar-refractivity contribution is 6.30. The number of nitrogens with zero attached hydrogens (tertiary/aromatic N) is 3. The van der Waals surface area contributed by atoms with Crippen LogP contribution in [0.15, 0.2) is 65.5 Å². The maximum Gasteiger partial charge on any atom is 0.267 e. The van der Waals surface area contributed by atoms with Crippen molar-refractivity contribution in [2.45, 2.75) is 0 Å². The lowest BCUT2D eigenvalue weighted by Crippen LogP contribution is -2.11. The first-order valence-electron chi connectivity index (χ1n) is 7.55. The molecule has 6 heteroatoms. The zero-order chi connectivity index (χ0) is 17.4. The van der Waals surface area contributed by atoms with Crippen molar-refractivity contribution in [3.05, 3.63) is 81.6 Å². The van der Waals surface area contributed by atoms with Crippen LogP contribution < -0.4 is 5.56 Å². The van der Waals surface area contributed by atoms with Crippen LogP contribution in [0.1, 0.15) is 5.56 Å². The first-order valence-corrected chi connectivity index (χ1v) is 7.92. The molecule has 0 amide bonds. The van der Waals surface area contributed by atoms with Gasteiger partial charge in [-0.25, -0.2) is 4.68 Å². The molecule has 0 saturated heterocycles. The summed E-state index contributed by atoms with van der Waals surface area (Å²) < 4.78 is 1.67. The lowest BCUT2D eigenvalue weighted by molar-refractivity contribution is 0.898. The Kier molecular flexibility index (Phi) is 3.60. The standard InChI is InChI=1S/C19H11ClN4O/c20-14-8-6-12(7-9-14)17-16-10-13(11-21)19(25)22-18(16)24(23-17)15-4-2-1-3-5-15/h1-10H,(H,22,25). The molecule has 2 aromatic heterocycles. The summed E-state index contributed by atoms with van der Waals surface area (Å²) in [7, 11) is 0. The number of hydrogen-bond acceptors (Lipinski definition) is 3. The fourth-order valence-electron chi connectivity index (χ4n) is 2.73. The van der Waals surface area contributed by atoms with Gasteiger partial charge in [0.25, 0.3) is 5.56 Å². The van der Waals surface area contributed by atoms with Gasteiger partial charge in [-0.15, -0.1) is 0 Å². The molecule has 0 saturated carbocycles. The van der Waals surface area contributed by atoms with Gasteiger partial charge in [0.05, 0.1) is 5.69 Å². The average molecular weight is 347 g/mol.